The van der Waals surface area contributed by atoms with Gasteiger partial charge in [0.2, 0.25) is 5.91 Å². The average Bonchev–Trinajstić information content (AvgIpc) is 3.26. The molecule has 1 aliphatic rings. The van der Waals surface area contributed by atoms with Gasteiger partial charge in [-0.2, -0.15) is 0 Å². The molecule has 0 spiro atoms. The van der Waals surface area contributed by atoms with Crippen molar-refractivity contribution in [3.63, 3.8) is 0 Å². The number of carbonyl (C=O) groups excluding carboxylic acids is 1. The number of rotatable bonds is 8. The number of hydrogen-bond acceptors (Lipinski definition) is 4. The van der Waals surface area contributed by atoms with Gasteiger partial charge >= 0.3 is 0 Å². The summed E-state index contributed by atoms with van der Waals surface area (Å²) >= 11 is 0. The minimum absolute atomic E-state index is 0.192. The molecule has 5 nitrogen and oxygen atoms in total. The lowest BCUT2D eigenvalue weighted by Gasteiger charge is -2.12. The summed E-state index contributed by atoms with van der Waals surface area (Å²) in [6.07, 6.45) is 5.98. The Bertz CT molecular complexity index is 1380. The quantitative estimate of drug-likeness (QED) is 0.268. The first-order valence-corrected chi connectivity index (χ1v) is 12.6. The van der Waals surface area contributed by atoms with Crippen molar-refractivity contribution in [1.29, 1.82) is 0 Å². The highest BCUT2D eigenvalue weighted by atomic mass is 16.5. The molecule has 184 valence electrons. The third-order valence-corrected chi connectivity index (χ3v) is 6.50. The molecular weight excluding hydrogens is 450 g/mol. The van der Waals surface area contributed by atoms with Gasteiger partial charge in [0.1, 0.15) is 29.4 Å². The monoisotopic (exact) mass is 481 g/mol. The second-order valence-electron chi connectivity index (χ2n) is 9.10. The highest BCUT2D eigenvalue weighted by molar-refractivity contribution is 6.04. The number of aryl methyl sites for hydroxylation is 2. The number of allylic oxidation sites excluding steroid dienone is 1. The van der Waals surface area contributed by atoms with E-state index in [2.05, 4.69) is 11.4 Å². The van der Waals surface area contributed by atoms with Gasteiger partial charge in [0.05, 0.1) is 6.61 Å². The second-order valence-corrected chi connectivity index (χ2v) is 9.10. The summed E-state index contributed by atoms with van der Waals surface area (Å²) in [5.74, 6) is 2.38. The molecule has 0 bridgehead atoms. The van der Waals surface area contributed by atoms with Crippen LogP contribution in [0.5, 0.6) is 11.5 Å². The van der Waals surface area contributed by atoms with Gasteiger partial charge in [0.25, 0.3) is 0 Å². The van der Waals surface area contributed by atoms with E-state index in [0.29, 0.717) is 18.9 Å². The maximum atomic E-state index is 12.8. The topological polar surface area (TPSA) is 60.7 Å². The van der Waals surface area contributed by atoms with Gasteiger partial charge in [0.15, 0.2) is 0 Å². The molecule has 36 heavy (non-hydrogen) atoms. The van der Waals surface area contributed by atoms with Gasteiger partial charge in [-0.25, -0.2) is 0 Å². The molecule has 1 N–H and O–H groups in total. The van der Waals surface area contributed by atoms with Crippen LogP contribution in [0.3, 0.4) is 0 Å². The summed E-state index contributed by atoms with van der Waals surface area (Å²) in [6.45, 7) is 4.94. The highest BCUT2D eigenvalue weighted by Gasteiger charge is 2.20. The molecule has 0 unspecified atom stereocenters. The summed E-state index contributed by atoms with van der Waals surface area (Å²) in [6, 6.07) is 21.5. The van der Waals surface area contributed by atoms with Crippen LogP contribution in [-0.2, 0) is 24.2 Å². The fourth-order valence-corrected chi connectivity index (χ4v) is 4.70. The number of nitrogens with one attached hydrogen (secondary N) is 1. The zero-order valence-corrected chi connectivity index (χ0v) is 20.8. The van der Waals surface area contributed by atoms with Crippen LogP contribution < -0.4 is 14.8 Å². The number of hydrogen-bond donors (Lipinski definition) is 1. The van der Waals surface area contributed by atoms with Gasteiger partial charge in [-0.3, -0.25) is 4.79 Å². The molecule has 5 heteroatoms. The first-order chi connectivity index (χ1) is 17.6. The van der Waals surface area contributed by atoms with Crippen LogP contribution in [0, 0.1) is 0 Å². The van der Waals surface area contributed by atoms with Gasteiger partial charge in [0, 0.05) is 40.8 Å². The normalized spacial score (nSPS) is 13.3. The fourth-order valence-electron chi connectivity index (χ4n) is 4.70. The first-order valence-electron chi connectivity index (χ1n) is 12.6. The van der Waals surface area contributed by atoms with E-state index in [4.69, 9.17) is 13.9 Å². The third-order valence-electron chi connectivity index (χ3n) is 6.50. The number of fused-ring (bicyclic) bond motifs is 3. The number of amides is 1. The standard InChI is InChI=1S/C31H31NO4/c1-3-34-29-19-30-27(25-11-7-8-12-28(25)36-30)18-26(29)21(2)17-31(33)32-23-13-15-24(16-14-23)35-20-22-9-5-4-6-10-22/h4-6,9-10,13-19H,3,7-8,11-12,20H2,1-2H3,(H,32,33)/b21-17+. The molecule has 1 aromatic heterocycles. The van der Waals surface area contributed by atoms with Crippen molar-refractivity contribution < 1.29 is 18.7 Å². The van der Waals surface area contributed by atoms with Crippen LogP contribution in [0.2, 0.25) is 0 Å². The maximum Gasteiger partial charge on any atom is 0.248 e. The van der Waals surface area contributed by atoms with Gasteiger partial charge in [-0.1, -0.05) is 30.3 Å². The van der Waals surface area contributed by atoms with Crippen molar-refractivity contribution in [1.82, 2.24) is 0 Å². The smallest absolute Gasteiger partial charge is 0.248 e. The van der Waals surface area contributed by atoms with E-state index in [1.54, 1.807) is 6.08 Å². The molecule has 0 fully saturated rings. The zero-order valence-electron chi connectivity index (χ0n) is 20.8. The molecule has 0 aliphatic heterocycles. The predicted octanol–water partition coefficient (Wildman–Crippen LogP) is 7.33. The Morgan fingerprint density at radius 1 is 1.00 bits per heavy atom. The molecular formula is C31H31NO4. The average molecular weight is 482 g/mol. The lowest BCUT2D eigenvalue weighted by Crippen LogP contribution is -2.08. The summed E-state index contributed by atoms with van der Waals surface area (Å²) in [5.41, 5.74) is 5.73. The summed E-state index contributed by atoms with van der Waals surface area (Å²) in [5, 5.41) is 4.07. The van der Waals surface area contributed by atoms with Crippen molar-refractivity contribution >= 4 is 28.1 Å². The van der Waals surface area contributed by atoms with Crippen molar-refractivity contribution in [2.75, 3.05) is 11.9 Å². The Balaban J connectivity index is 1.30. The summed E-state index contributed by atoms with van der Waals surface area (Å²) < 4.78 is 17.9. The third kappa shape index (κ3) is 5.30. The second kappa shape index (κ2) is 10.7. The number of anilines is 1. The lowest BCUT2D eigenvalue weighted by molar-refractivity contribution is -0.111. The van der Waals surface area contributed by atoms with Gasteiger partial charge in [-0.05, 0) is 74.6 Å². The molecule has 0 radical (unpaired) electrons. The van der Waals surface area contributed by atoms with E-state index in [1.807, 2.05) is 74.5 Å². The Labute approximate surface area is 211 Å². The van der Waals surface area contributed by atoms with Crippen molar-refractivity contribution in [3.05, 3.63) is 95.3 Å². The van der Waals surface area contributed by atoms with Gasteiger partial charge in [-0.15, -0.1) is 0 Å². The van der Waals surface area contributed by atoms with Crippen LogP contribution in [0.15, 0.2) is 77.2 Å². The van der Waals surface area contributed by atoms with E-state index < -0.39 is 0 Å². The van der Waals surface area contributed by atoms with Crippen LogP contribution >= 0.6 is 0 Å². The van der Waals surface area contributed by atoms with Crippen molar-refractivity contribution in [2.45, 2.75) is 46.1 Å². The Morgan fingerprint density at radius 3 is 2.56 bits per heavy atom. The Kier molecular flexibility index (Phi) is 7.08. The number of carbonyl (C=O) groups is 1. The molecule has 3 aromatic carbocycles. The molecule has 0 atom stereocenters. The fraction of sp³-hybridized carbons (Fsp3) is 0.258. The molecule has 1 heterocycles. The van der Waals surface area contributed by atoms with Crippen LogP contribution in [-0.4, -0.2) is 12.5 Å². The maximum absolute atomic E-state index is 12.8. The number of benzene rings is 3. The van der Waals surface area contributed by atoms with E-state index in [0.717, 1.165) is 64.2 Å². The number of ether oxygens (including phenoxy) is 2. The van der Waals surface area contributed by atoms with Crippen LogP contribution in [0.1, 0.15) is 49.1 Å². The lowest BCUT2D eigenvalue weighted by atomic mass is 9.94. The minimum Gasteiger partial charge on any atom is -0.493 e. The van der Waals surface area contributed by atoms with Crippen LogP contribution in [0.4, 0.5) is 5.69 Å². The van der Waals surface area contributed by atoms with E-state index in [9.17, 15) is 4.79 Å². The number of furan rings is 1. The van der Waals surface area contributed by atoms with E-state index in [1.165, 1.54) is 12.0 Å². The van der Waals surface area contributed by atoms with E-state index in [-0.39, 0.29) is 5.91 Å². The molecule has 0 saturated carbocycles. The molecule has 5 rings (SSSR count). The molecule has 1 amide bonds. The van der Waals surface area contributed by atoms with Crippen molar-refractivity contribution in [2.24, 2.45) is 0 Å². The SMILES string of the molecule is CCOc1cc2oc3c(c2cc1/C(C)=C/C(=O)Nc1ccc(OCc2ccccc2)cc1)CCCC3. The van der Waals surface area contributed by atoms with Gasteiger partial charge < -0.3 is 19.2 Å². The van der Waals surface area contributed by atoms with Crippen LogP contribution in [0.25, 0.3) is 16.5 Å². The predicted molar refractivity (Wildman–Crippen MR) is 144 cm³/mol. The molecule has 4 aromatic rings. The molecule has 0 saturated heterocycles. The summed E-state index contributed by atoms with van der Waals surface area (Å²) in [4.78, 5) is 12.8. The minimum atomic E-state index is -0.192. The first kappa shape index (κ1) is 23.7. The molecule has 1 aliphatic carbocycles. The van der Waals surface area contributed by atoms with E-state index >= 15 is 0 Å². The Morgan fingerprint density at radius 2 is 1.78 bits per heavy atom. The zero-order chi connectivity index (χ0) is 24.9. The Hall–Kier alpha value is -3.99. The largest absolute Gasteiger partial charge is 0.493 e. The van der Waals surface area contributed by atoms with Crippen molar-refractivity contribution in [3.8, 4) is 11.5 Å². The summed E-state index contributed by atoms with van der Waals surface area (Å²) in [7, 11) is 0. The highest BCUT2D eigenvalue weighted by Crippen LogP contribution is 2.38.